The molecule has 1 saturated heterocycles. The lowest BCUT2D eigenvalue weighted by atomic mass is 9.98. The van der Waals surface area contributed by atoms with E-state index in [1.807, 2.05) is 17.8 Å². The fourth-order valence-corrected chi connectivity index (χ4v) is 3.39. The normalized spacial score (nSPS) is 19.8. The van der Waals surface area contributed by atoms with Crippen molar-refractivity contribution in [1.29, 1.82) is 0 Å². The predicted octanol–water partition coefficient (Wildman–Crippen LogP) is 2.63. The minimum Gasteiger partial charge on any atom is -0.356 e. The van der Waals surface area contributed by atoms with Gasteiger partial charge >= 0.3 is 0 Å². The van der Waals surface area contributed by atoms with Gasteiger partial charge in [0.2, 0.25) is 5.91 Å². The van der Waals surface area contributed by atoms with Crippen LogP contribution in [-0.2, 0) is 4.79 Å². The molecular weight excluding hydrogens is 268 g/mol. The molecule has 0 spiro atoms. The second-order valence-electron chi connectivity index (χ2n) is 5.41. The van der Waals surface area contributed by atoms with Crippen LogP contribution in [0.15, 0.2) is 35.2 Å². The Morgan fingerprint density at radius 1 is 1.40 bits per heavy atom. The Bertz CT molecular complexity index is 410. The van der Waals surface area contributed by atoms with E-state index < -0.39 is 0 Å². The second kappa shape index (κ2) is 8.32. The summed E-state index contributed by atoms with van der Waals surface area (Å²) in [4.78, 5) is 15.6. The molecule has 1 aliphatic rings. The van der Waals surface area contributed by atoms with E-state index in [0.29, 0.717) is 0 Å². The molecule has 0 unspecified atom stereocenters. The smallest absolute Gasteiger partial charge is 0.224 e. The van der Waals surface area contributed by atoms with Crippen molar-refractivity contribution in [3.63, 3.8) is 0 Å². The van der Waals surface area contributed by atoms with Gasteiger partial charge in [-0.05, 0) is 50.7 Å². The van der Waals surface area contributed by atoms with Crippen LogP contribution < -0.4 is 5.32 Å². The number of hydrogen-bond acceptors (Lipinski definition) is 3. The van der Waals surface area contributed by atoms with E-state index in [-0.39, 0.29) is 11.8 Å². The molecule has 110 valence electrons. The average molecular weight is 292 g/mol. The zero-order chi connectivity index (χ0) is 14.2. The summed E-state index contributed by atoms with van der Waals surface area (Å²) in [7, 11) is 2.09. The highest BCUT2D eigenvalue weighted by Gasteiger charge is 2.23. The number of benzene rings is 1. The summed E-state index contributed by atoms with van der Waals surface area (Å²) in [5, 5.41) is 3.08. The molecule has 4 heteroatoms. The maximum atomic E-state index is 12.0. The van der Waals surface area contributed by atoms with E-state index in [4.69, 9.17) is 0 Å². The minimum absolute atomic E-state index is 0.190. The largest absolute Gasteiger partial charge is 0.356 e. The van der Waals surface area contributed by atoms with Gasteiger partial charge in [-0.2, -0.15) is 0 Å². The van der Waals surface area contributed by atoms with E-state index in [1.54, 1.807) is 0 Å². The molecule has 1 aromatic carbocycles. The van der Waals surface area contributed by atoms with Crippen molar-refractivity contribution in [2.75, 3.05) is 32.4 Å². The molecule has 0 aliphatic carbocycles. The lowest BCUT2D eigenvalue weighted by Gasteiger charge is -2.28. The Kier molecular flexibility index (Phi) is 6.40. The number of likely N-dealkylation sites (tertiary alicyclic amines) is 1. The van der Waals surface area contributed by atoms with Gasteiger partial charge < -0.3 is 10.2 Å². The van der Waals surface area contributed by atoms with E-state index in [2.05, 4.69) is 41.5 Å². The first-order valence-corrected chi connectivity index (χ1v) is 8.38. The van der Waals surface area contributed by atoms with Gasteiger partial charge in [-0.1, -0.05) is 18.2 Å². The topological polar surface area (TPSA) is 32.3 Å². The van der Waals surface area contributed by atoms with Gasteiger partial charge in [0.25, 0.3) is 0 Å². The zero-order valence-electron chi connectivity index (χ0n) is 12.2. The summed E-state index contributed by atoms with van der Waals surface area (Å²) >= 11 is 1.85. The van der Waals surface area contributed by atoms with Gasteiger partial charge in [-0.3, -0.25) is 4.79 Å². The summed E-state index contributed by atoms with van der Waals surface area (Å²) in [6.45, 7) is 2.82. The molecule has 0 aromatic heterocycles. The van der Waals surface area contributed by atoms with Crippen LogP contribution in [0.3, 0.4) is 0 Å². The Hall–Kier alpha value is -1.00. The van der Waals surface area contributed by atoms with Crippen molar-refractivity contribution in [2.45, 2.75) is 24.2 Å². The molecule has 1 atom stereocenters. The molecule has 3 nitrogen and oxygen atoms in total. The number of piperidine rings is 1. The number of carbonyl (C=O) groups excluding carboxylic acids is 1. The van der Waals surface area contributed by atoms with Crippen LogP contribution in [0, 0.1) is 5.92 Å². The van der Waals surface area contributed by atoms with Crippen molar-refractivity contribution in [2.24, 2.45) is 5.92 Å². The van der Waals surface area contributed by atoms with Crippen LogP contribution >= 0.6 is 11.8 Å². The molecular formula is C16H24N2OS. The zero-order valence-corrected chi connectivity index (χ0v) is 13.0. The number of thioether (sulfide) groups is 1. The Morgan fingerprint density at radius 3 is 2.95 bits per heavy atom. The van der Waals surface area contributed by atoms with Crippen LogP contribution in [0.2, 0.25) is 0 Å². The third kappa shape index (κ3) is 5.17. The lowest BCUT2D eigenvalue weighted by Crippen LogP contribution is -2.41. The van der Waals surface area contributed by atoms with Crippen LogP contribution in [0.5, 0.6) is 0 Å². The van der Waals surface area contributed by atoms with Crippen molar-refractivity contribution in [1.82, 2.24) is 10.2 Å². The standard InChI is InChI=1S/C16H24N2OS/c1-18-11-5-7-14(13-18)16(19)17-10-6-12-20-15-8-3-2-4-9-15/h2-4,8-9,14H,5-7,10-13H2,1H3,(H,17,19)/t14-/m0/s1. The van der Waals surface area contributed by atoms with Gasteiger partial charge in [0.1, 0.15) is 0 Å². The Balaban J connectivity index is 1.57. The Morgan fingerprint density at radius 2 is 2.20 bits per heavy atom. The van der Waals surface area contributed by atoms with Crippen molar-refractivity contribution in [3.8, 4) is 0 Å². The number of rotatable bonds is 6. The van der Waals surface area contributed by atoms with E-state index in [0.717, 1.165) is 44.6 Å². The molecule has 2 rings (SSSR count). The molecule has 0 radical (unpaired) electrons. The molecule has 0 saturated carbocycles. The highest BCUT2D eigenvalue weighted by Crippen LogP contribution is 2.18. The molecule has 20 heavy (non-hydrogen) atoms. The molecule has 1 aromatic rings. The molecule has 1 N–H and O–H groups in total. The third-order valence-corrected chi connectivity index (χ3v) is 4.73. The first kappa shape index (κ1) is 15.4. The lowest BCUT2D eigenvalue weighted by molar-refractivity contribution is -0.126. The van der Waals surface area contributed by atoms with E-state index in [1.165, 1.54) is 4.90 Å². The minimum atomic E-state index is 0.190. The second-order valence-corrected chi connectivity index (χ2v) is 6.58. The highest BCUT2D eigenvalue weighted by atomic mass is 32.2. The maximum Gasteiger partial charge on any atom is 0.224 e. The summed E-state index contributed by atoms with van der Waals surface area (Å²) in [6, 6.07) is 10.4. The van der Waals surface area contributed by atoms with Crippen molar-refractivity contribution in [3.05, 3.63) is 30.3 Å². The van der Waals surface area contributed by atoms with Crippen LogP contribution in [-0.4, -0.2) is 43.2 Å². The quantitative estimate of drug-likeness (QED) is 0.646. The number of hydrogen-bond donors (Lipinski definition) is 1. The van der Waals surface area contributed by atoms with Crippen molar-refractivity contribution >= 4 is 17.7 Å². The van der Waals surface area contributed by atoms with E-state index in [9.17, 15) is 4.79 Å². The van der Waals surface area contributed by atoms with Gasteiger partial charge in [0, 0.05) is 18.0 Å². The number of amides is 1. The summed E-state index contributed by atoms with van der Waals surface area (Å²) < 4.78 is 0. The number of carbonyl (C=O) groups is 1. The van der Waals surface area contributed by atoms with Crippen LogP contribution in [0.1, 0.15) is 19.3 Å². The molecule has 0 bridgehead atoms. The van der Waals surface area contributed by atoms with Gasteiger partial charge in [-0.15, -0.1) is 11.8 Å². The summed E-state index contributed by atoms with van der Waals surface area (Å²) in [5.74, 6) is 1.48. The highest BCUT2D eigenvalue weighted by molar-refractivity contribution is 7.99. The Labute approximate surface area is 126 Å². The SMILES string of the molecule is CN1CCC[C@H](C(=O)NCCCSc2ccccc2)C1. The third-order valence-electron chi connectivity index (χ3n) is 3.63. The van der Waals surface area contributed by atoms with E-state index >= 15 is 0 Å². The monoisotopic (exact) mass is 292 g/mol. The first-order chi connectivity index (χ1) is 9.75. The fraction of sp³-hybridized carbons (Fsp3) is 0.562. The predicted molar refractivity (Wildman–Crippen MR) is 85.0 cm³/mol. The molecule has 1 heterocycles. The van der Waals surface area contributed by atoms with Crippen LogP contribution in [0.4, 0.5) is 0 Å². The summed E-state index contributed by atoms with van der Waals surface area (Å²) in [5.41, 5.74) is 0. The number of nitrogens with one attached hydrogen (secondary N) is 1. The van der Waals surface area contributed by atoms with Gasteiger partial charge in [0.15, 0.2) is 0 Å². The fourth-order valence-electron chi connectivity index (χ4n) is 2.52. The molecule has 1 fully saturated rings. The maximum absolute atomic E-state index is 12.0. The van der Waals surface area contributed by atoms with Gasteiger partial charge in [0.05, 0.1) is 5.92 Å². The average Bonchev–Trinajstić information content (AvgIpc) is 2.48. The molecule has 1 aliphatic heterocycles. The summed E-state index contributed by atoms with van der Waals surface area (Å²) in [6.07, 6.45) is 3.20. The number of nitrogens with zero attached hydrogens (tertiary/aromatic N) is 1. The molecule has 1 amide bonds. The van der Waals surface area contributed by atoms with Gasteiger partial charge in [-0.25, -0.2) is 0 Å². The van der Waals surface area contributed by atoms with Crippen molar-refractivity contribution < 1.29 is 4.79 Å². The van der Waals surface area contributed by atoms with Crippen LogP contribution in [0.25, 0.3) is 0 Å². The first-order valence-electron chi connectivity index (χ1n) is 7.40.